The second-order valence-electron chi connectivity index (χ2n) is 5.15. The Morgan fingerprint density at radius 1 is 1.29 bits per heavy atom. The monoisotopic (exact) mass is 294 g/mol. The summed E-state index contributed by atoms with van der Waals surface area (Å²) in [6, 6.07) is 3.14. The van der Waals surface area contributed by atoms with Crippen molar-refractivity contribution in [3.8, 4) is 0 Å². The van der Waals surface area contributed by atoms with Crippen LogP contribution in [0.3, 0.4) is 0 Å². The molecule has 0 saturated heterocycles. The van der Waals surface area contributed by atoms with E-state index >= 15 is 0 Å². The van der Waals surface area contributed by atoms with E-state index in [1.807, 2.05) is 6.92 Å². The maximum Gasteiger partial charge on any atom is 0.311 e. The largest absolute Gasteiger partial charge is 0.370 e. The van der Waals surface area contributed by atoms with E-state index in [9.17, 15) is 10.1 Å². The van der Waals surface area contributed by atoms with Gasteiger partial charge in [0.15, 0.2) is 0 Å². The van der Waals surface area contributed by atoms with Gasteiger partial charge < -0.3 is 10.6 Å². The van der Waals surface area contributed by atoms with Crippen LogP contribution < -0.4 is 10.6 Å². The Labute approximate surface area is 126 Å². The summed E-state index contributed by atoms with van der Waals surface area (Å²) in [6.07, 6.45) is 4.56. The summed E-state index contributed by atoms with van der Waals surface area (Å²) in [7, 11) is 0. The number of anilines is 2. The smallest absolute Gasteiger partial charge is 0.311 e. The summed E-state index contributed by atoms with van der Waals surface area (Å²) in [5, 5.41) is 17.3. The zero-order valence-electron chi connectivity index (χ0n) is 13.2. The lowest BCUT2D eigenvalue weighted by molar-refractivity contribution is -0.384. The number of aromatic nitrogens is 1. The molecule has 0 aliphatic carbocycles. The molecular formula is C15H26N4O2. The molecule has 0 aliphatic rings. The van der Waals surface area contributed by atoms with Crippen molar-refractivity contribution in [3.63, 3.8) is 0 Å². The molecule has 118 valence electrons. The average Bonchev–Trinajstić information content (AvgIpc) is 2.47. The van der Waals surface area contributed by atoms with Gasteiger partial charge in [-0.25, -0.2) is 4.98 Å². The van der Waals surface area contributed by atoms with Gasteiger partial charge in [0.05, 0.1) is 4.92 Å². The molecule has 0 aliphatic heterocycles. The third kappa shape index (κ3) is 5.57. The topological polar surface area (TPSA) is 80.1 Å². The zero-order valence-corrected chi connectivity index (χ0v) is 13.2. The molecule has 0 spiro atoms. The molecule has 1 rings (SSSR count). The van der Waals surface area contributed by atoms with E-state index in [1.165, 1.54) is 18.9 Å². The van der Waals surface area contributed by atoms with Crippen LogP contribution in [0.15, 0.2) is 12.1 Å². The van der Waals surface area contributed by atoms with E-state index in [-0.39, 0.29) is 5.69 Å². The first kappa shape index (κ1) is 17.2. The van der Waals surface area contributed by atoms with Gasteiger partial charge in [-0.3, -0.25) is 10.1 Å². The van der Waals surface area contributed by atoms with Crippen molar-refractivity contribution in [2.24, 2.45) is 5.92 Å². The summed E-state index contributed by atoms with van der Waals surface area (Å²) < 4.78 is 0. The Morgan fingerprint density at radius 3 is 2.62 bits per heavy atom. The van der Waals surface area contributed by atoms with Gasteiger partial charge in [-0.2, -0.15) is 0 Å². The van der Waals surface area contributed by atoms with Crippen LogP contribution in [-0.4, -0.2) is 23.0 Å². The maximum atomic E-state index is 11.1. The van der Waals surface area contributed by atoms with Crippen molar-refractivity contribution in [2.45, 2.75) is 46.5 Å². The van der Waals surface area contributed by atoms with Gasteiger partial charge in [-0.1, -0.05) is 33.1 Å². The minimum atomic E-state index is -0.391. The number of unbranched alkanes of at least 4 members (excludes halogenated alkanes) is 1. The fourth-order valence-corrected chi connectivity index (χ4v) is 2.19. The van der Waals surface area contributed by atoms with Crippen LogP contribution in [0.2, 0.25) is 0 Å². The van der Waals surface area contributed by atoms with Crippen LogP contribution >= 0.6 is 0 Å². The molecule has 2 N–H and O–H groups in total. The Morgan fingerprint density at radius 2 is 2.05 bits per heavy atom. The molecule has 1 atom stereocenters. The van der Waals surface area contributed by atoms with Gasteiger partial charge in [0.2, 0.25) is 5.82 Å². The summed E-state index contributed by atoms with van der Waals surface area (Å²) >= 11 is 0. The second-order valence-corrected chi connectivity index (χ2v) is 5.15. The third-order valence-electron chi connectivity index (χ3n) is 3.53. The number of hydrogen-bond donors (Lipinski definition) is 2. The fraction of sp³-hybridized carbons (Fsp3) is 0.667. The first-order valence-corrected chi connectivity index (χ1v) is 7.75. The standard InChI is InChI=1S/C15H26N4O2/c1-4-7-8-12(5-2)11-17-15-13(19(20)21)9-10-14(18-15)16-6-3/h9-10,12H,4-8,11H2,1-3H3,(H2,16,17,18). The predicted molar refractivity (Wildman–Crippen MR) is 86.9 cm³/mol. The van der Waals surface area contributed by atoms with Crippen LogP contribution in [0, 0.1) is 16.0 Å². The molecule has 0 radical (unpaired) electrons. The van der Waals surface area contributed by atoms with Gasteiger partial charge in [0.25, 0.3) is 0 Å². The lowest BCUT2D eigenvalue weighted by atomic mass is 9.99. The lowest BCUT2D eigenvalue weighted by Gasteiger charge is -2.16. The molecule has 1 heterocycles. The van der Waals surface area contributed by atoms with E-state index in [0.717, 1.165) is 25.9 Å². The Bertz CT molecular complexity index is 451. The lowest BCUT2D eigenvalue weighted by Crippen LogP contribution is -2.16. The van der Waals surface area contributed by atoms with Crippen LogP contribution in [-0.2, 0) is 0 Å². The van der Waals surface area contributed by atoms with Crippen molar-refractivity contribution in [3.05, 3.63) is 22.2 Å². The molecule has 1 unspecified atom stereocenters. The van der Waals surface area contributed by atoms with Gasteiger partial charge >= 0.3 is 5.69 Å². The summed E-state index contributed by atoms with van der Waals surface area (Å²) in [5.41, 5.74) is 0.0296. The zero-order chi connectivity index (χ0) is 15.7. The van der Waals surface area contributed by atoms with Gasteiger partial charge in [0, 0.05) is 19.2 Å². The van der Waals surface area contributed by atoms with Crippen molar-refractivity contribution in [1.82, 2.24) is 4.98 Å². The molecule has 6 nitrogen and oxygen atoms in total. The molecule has 1 aromatic rings. The van der Waals surface area contributed by atoms with E-state index in [1.54, 1.807) is 6.07 Å². The van der Waals surface area contributed by atoms with Crippen LogP contribution in [0.25, 0.3) is 0 Å². The first-order chi connectivity index (χ1) is 10.1. The van der Waals surface area contributed by atoms with Crippen LogP contribution in [0.4, 0.5) is 17.3 Å². The summed E-state index contributed by atoms with van der Waals surface area (Å²) in [5.74, 6) is 1.54. The molecule has 0 aromatic carbocycles. The molecule has 0 amide bonds. The molecule has 1 aromatic heterocycles. The number of hydrogen-bond acceptors (Lipinski definition) is 5. The van der Waals surface area contributed by atoms with E-state index in [4.69, 9.17) is 0 Å². The summed E-state index contributed by atoms with van der Waals surface area (Å²) in [4.78, 5) is 15.0. The van der Waals surface area contributed by atoms with Gasteiger partial charge in [0.1, 0.15) is 5.82 Å². The highest BCUT2D eigenvalue weighted by Crippen LogP contribution is 2.25. The van der Waals surface area contributed by atoms with E-state index in [2.05, 4.69) is 29.5 Å². The van der Waals surface area contributed by atoms with Crippen LogP contribution in [0.5, 0.6) is 0 Å². The van der Waals surface area contributed by atoms with Crippen molar-refractivity contribution >= 4 is 17.3 Å². The van der Waals surface area contributed by atoms with Crippen molar-refractivity contribution in [2.75, 3.05) is 23.7 Å². The molecule has 0 saturated carbocycles. The van der Waals surface area contributed by atoms with E-state index in [0.29, 0.717) is 17.6 Å². The fourth-order valence-electron chi connectivity index (χ4n) is 2.19. The normalized spacial score (nSPS) is 12.0. The highest BCUT2D eigenvalue weighted by atomic mass is 16.6. The number of nitrogens with one attached hydrogen (secondary N) is 2. The third-order valence-corrected chi connectivity index (χ3v) is 3.53. The Kier molecular flexibility index (Phi) is 7.50. The predicted octanol–water partition coefficient (Wildman–Crippen LogP) is 4.05. The SMILES string of the molecule is CCCCC(CC)CNc1nc(NCC)ccc1[N+](=O)[O-]. The number of pyridine rings is 1. The minimum absolute atomic E-state index is 0.0296. The van der Waals surface area contributed by atoms with Crippen molar-refractivity contribution in [1.29, 1.82) is 0 Å². The van der Waals surface area contributed by atoms with Gasteiger partial charge in [-0.05, 0) is 25.3 Å². The Balaban J connectivity index is 2.78. The Hall–Kier alpha value is -1.85. The molecule has 6 heteroatoms. The maximum absolute atomic E-state index is 11.1. The first-order valence-electron chi connectivity index (χ1n) is 7.75. The average molecular weight is 294 g/mol. The second kappa shape index (κ2) is 9.15. The summed E-state index contributed by atoms with van der Waals surface area (Å²) in [6.45, 7) is 7.75. The number of nitro groups is 1. The quantitative estimate of drug-likeness (QED) is 0.502. The minimum Gasteiger partial charge on any atom is -0.370 e. The highest BCUT2D eigenvalue weighted by Gasteiger charge is 2.17. The molecule has 0 fully saturated rings. The van der Waals surface area contributed by atoms with E-state index < -0.39 is 4.92 Å². The van der Waals surface area contributed by atoms with Crippen molar-refractivity contribution < 1.29 is 4.92 Å². The van der Waals surface area contributed by atoms with Crippen LogP contribution in [0.1, 0.15) is 46.5 Å². The molecule has 0 bridgehead atoms. The van der Waals surface area contributed by atoms with Gasteiger partial charge in [-0.15, -0.1) is 0 Å². The number of nitrogens with zero attached hydrogens (tertiary/aromatic N) is 2. The molecular weight excluding hydrogens is 268 g/mol. The number of rotatable bonds is 10. The highest BCUT2D eigenvalue weighted by molar-refractivity contribution is 5.60. The molecule has 21 heavy (non-hydrogen) atoms.